The lowest BCUT2D eigenvalue weighted by Crippen LogP contribution is -2.17. The number of ether oxygens (including phenoxy) is 1. The molecule has 0 amide bonds. The predicted molar refractivity (Wildman–Crippen MR) is 58.9 cm³/mol. The van der Waals surface area contributed by atoms with E-state index >= 15 is 0 Å². The SMILES string of the molecule is O=C1OC(Cl)C(=Nc2ccccc2)C1Cl. The molecule has 0 N–H and O–H groups in total. The molecular weight excluding hydrogens is 237 g/mol. The van der Waals surface area contributed by atoms with Crippen LogP contribution in [-0.2, 0) is 9.53 Å². The number of carbonyl (C=O) groups is 1. The van der Waals surface area contributed by atoms with Gasteiger partial charge in [0, 0.05) is 0 Å². The predicted octanol–water partition coefficient (Wildman–Crippen LogP) is 2.49. The average Bonchev–Trinajstić information content (AvgIpc) is 2.47. The van der Waals surface area contributed by atoms with E-state index in [4.69, 9.17) is 27.9 Å². The number of cyclic esters (lactones) is 1. The second-order valence-corrected chi connectivity index (χ2v) is 3.82. The molecule has 1 fully saturated rings. The first-order valence-electron chi connectivity index (χ1n) is 4.30. The number of benzene rings is 1. The van der Waals surface area contributed by atoms with E-state index in [0.29, 0.717) is 11.4 Å². The highest BCUT2D eigenvalue weighted by molar-refractivity contribution is 6.50. The minimum Gasteiger partial charge on any atom is -0.439 e. The Labute approximate surface area is 96.7 Å². The molecule has 1 aromatic carbocycles. The van der Waals surface area contributed by atoms with Gasteiger partial charge in [-0.25, -0.2) is 4.79 Å². The molecule has 15 heavy (non-hydrogen) atoms. The summed E-state index contributed by atoms with van der Waals surface area (Å²) in [6.07, 6.45) is 0. The van der Waals surface area contributed by atoms with Crippen LogP contribution in [-0.4, -0.2) is 22.6 Å². The molecule has 3 nitrogen and oxygen atoms in total. The number of alkyl halides is 2. The molecule has 0 saturated carbocycles. The molecular formula is C10H7Cl2NO2. The first-order chi connectivity index (χ1) is 7.18. The van der Waals surface area contributed by atoms with Crippen LogP contribution in [0.3, 0.4) is 0 Å². The molecule has 5 heteroatoms. The Morgan fingerprint density at radius 3 is 2.40 bits per heavy atom. The maximum Gasteiger partial charge on any atom is 0.331 e. The molecule has 0 aliphatic carbocycles. The highest BCUT2D eigenvalue weighted by atomic mass is 35.5. The third-order valence-corrected chi connectivity index (χ3v) is 2.65. The molecule has 0 bridgehead atoms. The van der Waals surface area contributed by atoms with Gasteiger partial charge in [-0.05, 0) is 12.1 Å². The summed E-state index contributed by atoms with van der Waals surface area (Å²) in [5.41, 5.74) is 0.178. The van der Waals surface area contributed by atoms with Crippen LogP contribution >= 0.6 is 23.2 Å². The Hall–Kier alpha value is -1.06. The number of esters is 1. The van der Waals surface area contributed by atoms with Gasteiger partial charge >= 0.3 is 5.97 Å². The number of halogens is 2. The van der Waals surface area contributed by atoms with Crippen molar-refractivity contribution in [2.45, 2.75) is 10.9 Å². The molecule has 1 aromatic rings. The Balaban J connectivity index is 2.31. The van der Waals surface area contributed by atoms with E-state index in [1.54, 1.807) is 12.1 Å². The first kappa shape index (κ1) is 10.5. The number of carbonyl (C=O) groups excluding carboxylic acids is 1. The maximum absolute atomic E-state index is 11.1. The third kappa shape index (κ3) is 2.13. The summed E-state index contributed by atoms with van der Waals surface area (Å²) >= 11 is 11.5. The van der Waals surface area contributed by atoms with Gasteiger partial charge in [0.2, 0.25) is 5.56 Å². The monoisotopic (exact) mass is 243 g/mol. The topological polar surface area (TPSA) is 38.7 Å². The van der Waals surface area contributed by atoms with Crippen molar-refractivity contribution in [3.8, 4) is 0 Å². The van der Waals surface area contributed by atoms with Gasteiger partial charge < -0.3 is 4.74 Å². The lowest BCUT2D eigenvalue weighted by atomic mass is 10.3. The van der Waals surface area contributed by atoms with E-state index < -0.39 is 16.9 Å². The quantitative estimate of drug-likeness (QED) is 0.562. The van der Waals surface area contributed by atoms with Crippen molar-refractivity contribution >= 4 is 40.6 Å². The van der Waals surface area contributed by atoms with Crippen LogP contribution in [0.2, 0.25) is 0 Å². The molecule has 2 rings (SSSR count). The number of hydrogen-bond donors (Lipinski definition) is 0. The fourth-order valence-electron chi connectivity index (χ4n) is 1.22. The van der Waals surface area contributed by atoms with Gasteiger partial charge in [-0.2, -0.15) is 0 Å². The highest BCUT2D eigenvalue weighted by Crippen LogP contribution is 2.23. The molecule has 1 heterocycles. The van der Waals surface area contributed by atoms with Crippen molar-refractivity contribution < 1.29 is 9.53 Å². The minimum absolute atomic E-state index is 0.342. The zero-order valence-corrected chi connectivity index (χ0v) is 9.07. The second-order valence-electron chi connectivity index (χ2n) is 2.99. The Kier molecular flexibility index (Phi) is 2.93. The fraction of sp³-hybridized carbons (Fsp3) is 0.200. The Bertz CT molecular complexity index is 405. The summed E-state index contributed by atoms with van der Waals surface area (Å²) in [4.78, 5) is 15.2. The molecule has 78 valence electrons. The standard InChI is InChI=1S/C10H7Cl2NO2/c11-7-8(9(12)15-10(7)14)13-6-4-2-1-3-5-6/h1-5,7,9H. The zero-order valence-electron chi connectivity index (χ0n) is 7.56. The number of aliphatic imine (C=N–C) groups is 1. The van der Waals surface area contributed by atoms with Gasteiger partial charge in [0.1, 0.15) is 5.71 Å². The van der Waals surface area contributed by atoms with Crippen LogP contribution in [0.25, 0.3) is 0 Å². The lowest BCUT2D eigenvalue weighted by molar-refractivity contribution is -0.138. The van der Waals surface area contributed by atoms with Crippen LogP contribution in [0.5, 0.6) is 0 Å². The zero-order chi connectivity index (χ0) is 10.8. The number of rotatable bonds is 1. The van der Waals surface area contributed by atoms with Crippen molar-refractivity contribution in [1.29, 1.82) is 0 Å². The van der Waals surface area contributed by atoms with Gasteiger partial charge in [-0.1, -0.05) is 29.8 Å². The minimum atomic E-state index is -0.882. The molecule has 0 spiro atoms. The van der Waals surface area contributed by atoms with Gasteiger partial charge in [0.05, 0.1) is 5.69 Å². The van der Waals surface area contributed by atoms with Crippen molar-refractivity contribution in [3.63, 3.8) is 0 Å². The van der Waals surface area contributed by atoms with Crippen molar-refractivity contribution in [2.75, 3.05) is 0 Å². The Morgan fingerprint density at radius 1 is 1.20 bits per heavy atom. The molecule has 1 aliphatic rings. The second kappa shape index (κ2) is 4.21. The normalized spacial score (nSPS) is 28.1. The van der Waals surface area contributed by atoms with Gasteiger partial charge in [-0.3, -0.25) is 4.99 Å². The summed E-state index contributed by atoms with van der Waals surface area (Å²) in [6.45, 7) is 0. The summed E-state index contributed by atoms with van der Waals surface area (Å²) in [7, 11) is 0. The van der Waals surface area contributed by atoms with Crippen molar-refractivity contribution in [2.24, 2.45) is 4.99 Å². The smallest absolute Gasteiger partial charge is 0.331 e. The van der Waals surface area contributed by atoms with E-state index in [1.165, 1.54) is 0 Å². The van der Waals surface area contributed by atoms with Crippen LogP contribution in [0.1, 0.15) is 0 Å². The fourth-order valence-corrected chi connectivity index (χ4v) is 1.76. The van der Waals surface area contributed by atoms with Crippen molar-refractivity contribution in [1.82, 2.24) is 0 Å². The van der Waals surface area contributed by atoms with E-state index in [9.17, 15) is 4.79 Å². The third-order valence-electron chi connectivity index (χ3n) is 1.93. The van der Waals surface area contributed by atoms with E-state index in [1.807, 2.05) is 18.2 Å². The number of hydrogen-bond acceptors (Lipinski definition) is 3. The number of nitrogens with zero attached hydrogens (tertiary/aromatic N) is 1. The molecule has 2 atom stereocenters. The molecule has 0 aromatic heterocycles. The molecule has 1 aliphatic heterocycles. The maximum atomic E-state index is 11.1. The summed E-state index contributed by atoms with van der Waals surface area (Å²) in [5, 5.41) is -0.882. The number of para-hydroxylation sites is 1. The van der Waals surface area contributed by atoms with Crippen LogP contribution in [0.15, 0.2) is 35.3 Å². The average molecular weight is 244 g/mol. The first-order valence-corrected chi connectivity index (χ1v) is 5.18. The van der Waals surface area contributed by atoms with Gasteiger partial charge in [-0.15, -0.1) is 11.6 Å². The van der Waals surface area contributed by atoms with Crippen LogP contribution in [0, 0.1) is 0 Å². The molecule has 2 unspecified atom stereocenters. The van der Waals surface area contributed by atoms with Gasteiger partial charge in [0.25, 0.3) is 0 Å². The largest absolute Gasteiger partial charge is 0.439 e. The van der Waals surface area contributed by atoms with E-state index in [2.05, 4.69) is 4.99 Å². The van der Waals surface area contributed by atoms with Gasteiger partial charge in [0.15, 0.2) is 5.38 Å². The van der Waals surface area contributed by atoms with E-state index in [0.717, 1.165) is 0 Å². The van der Waals surface area contributed by atoms with E-state index in [-0.39, 0.29) is 0 Å². The summed E-state index contributed by atoms with van der Waals surface area (Å²) in [6, 6.07) is 9.13. The lowest BCUT2D eigenvalue weighted by Gasteiger charge is -2.00. The van der Waals surface area contributed by atoms with Crippen LogP contribution < -0.4 is 0 Å². The molecule has 0 radical (unpaired) electrons. The Morgan fingerprint density at radius 2 is 1.87 bits per heavy atom. The molecule has 1 saturated heterocycles. The van der Waals surface area contributed by atoms with Crippen molar-refractivity contribution in [3.05, 3.63) is 30.3 Å². The summed E-state index contributed by atoms with van der Waals surface area (Å²) in [5.74, 6) is -0.550. The highest BCUT2D eigenvalue weighted by Gasteiger charge is 2.38. The summed E-state index contributed by atoms with van der Waals surface area (Å²) < 4.78 is 4.72. The van der Waals surface area contributed by atoms with Crippen LogP contribution in [0.4, 0.5) is 5.69 Å².